The van der Waals surface area contributed by atoms with E-state index in [1.165, 1.54) is 6.07 Å². The molecule has 2 aromatic carbocycles. The van der Waals surface area contributed by atoms with Gasteiger partial charge in [-0.1, -0.05) is 18.2 Å². The number of rotatable bonds is 2. The summed E-state index contributed by atoms with van der Waals surface area (Å²) in [6.07, 6.45) is 1.09. The molecule has 0 aliphatic carbocycles. The molecule has 4 nitrogen and oxygen atoms in total. The first-order valence-corrected chi connectivity index (χ1v) is 8.93. The molecule has 0 radical (unpaired) electrons. The third-order valence-electron chi connectivity index (χ3n) is 3.84. The number of benzene rings is 2. The van der Waals surface area contributed by atoms with E-state index in [-0.39, 0.29) is 27.2 Å². The molecule has 0 aliphatic heterocycles. The normalized spacial score (nSPS) is 11.8. The van der Waals surface area contributed by atoms with Gasteiger partial charge in [0.2, 0.25) is 0 Å². The second kappa shape index (κ2) is 5.52. The molecule has 1 aromatic heterocycles. The number of hydrogen-bond acceptors (Lipinski definition) is 4. The van der Waals surface area contributed by atoms with Crippen molar-refractivity contribution >= 4 is 26.4 Å². The predicted octanol–water partition coefficient (Wildman–Crippen LogP) is 3.47. The molecule has 0 saturated heterocycles. The molecule has 0 amide bonds. The number of sulfone groups is 1. The van der Waals surface area contributed by atoms with Crippen molar-refractivity contribution in [1.29, 1.82) is 0 Å². The number of halogens is 2. The zero-order valence-corrected chi connectivity index (χ0v) is 13.8. The Labute approximate surface area is 137 Å². The van der Waals surface area contributed by atoms with E-state index in [1.54, 1.807) is 25.1 Å². The molecule has 0 bridgehead atoms. The van der Waals surface area contributed by atoms with Crippen molar-refractivity contribution in [2.75, 3.05) is 12.0 Å². The van der Waals surface area contributed by atoms with Gasteiger partial charge in [0.15, 0.2) is 9.84 Å². The van der Waals surface area contributed by atoms with E-state index in [9.17, 15) is 17.2 Å². The van der Waals surface area contributed by atoms with Crippen LogP contribution in [-0.4, -0.2) is 19.7 Å². The van der Waals surface area contributed by atoms with E-state index in [1.807, 2.05) is 0 Å². The molecule has 0 saturated carbocycles. The van der Waals surface area contributed by atoms with Gasteiger partial charge in [-0.2, -0.15) is 0 Å². The van der Waals surface area contributed by atoms with Crippen LogP contribution in [0.2, 0.25) is 0 Å². The Morgan fingerprint density at radius 1 is 1.12 bits per heavy atom. The molecule has 7 heteroatoms. The van der Waals surface area contributed by atoms with Crippen LogP contribution in [-0.2, 0) is 9.84 Å². The lowest BCUT2D eigenvalue weighted by atomic mass is 10.0. The van der Waals surface area contributed by atoms with Gasteiger partial charge in [-0.05, 0) is 18.6 Å². The summed E-state index contributed by atoms with van der Waals surface area (Å²) < 4.78 is 51.6. The zero-order chi connectivity index (χ0) is 17.6. The van der Waals surface area contributed by atoms with Crippen LogP contribution in [0.3, 0.4) is 0 Å². The molecule has 124 valence electrons. The number of anilines is 1. The van der Waals surface area contributed by atoms with Crippen molar-refractivity contribution in [3.63, 3.8) is 0 Å². The van der Waals surface area contributed by atoms with Gasteiger partial charge in [-0.25, -0.2) is 22.2 Å². The van der Waals surface area contributed by atoms with Gasteiger partial charge in [0.05, 0.1) is 21.5 Å². The molecular weight excluding hydrogens is 334 g/mol. The van der Waals surface area contributed by atoms with Gasteiger partial charge in [-0.15, -0.1) is 0 Å². The standard InChI is InChI=1S/C17H14F2N2O2S/c1-9-16(20)15-12(19)7-10(18)8-13(15)21-17(9)11-5-3-4-6-14(11)24(2,22)23/h3-8H,1-2H3,(H2,20,21). The van der Waals surface area contributed by atoms with Gasteiger partial charge in [0, 0.05) is 29.6 Å². The minimum Gasteiger partial charge on any atom is -0.398 e. The summed E-state index contributed by atoms with van der Waals surface area (Å²) in [5.41, 5.74) is 7.22. The Morgan fingerprint density at radius 2 is 1.79 bits per heavy atom. The number of nitrogens with zero attached hydrogens (tertiary/aromatic N) is 1. The van der Waals surface area contributed by atoms with Crippen molar-refractivity contribution in [2.24, 2.45) is 0 Å². The van der Waals surface area contributed by atoms with Crippen LogP contribution >= 0.6 is 0 Å². The minimum absolute atomic E-state index is 0.0227. The number of aromatic nitrogens is 1. The summed E-state index contributed by atoms with van der Waals surface area (Å²) >= 11 is 0. The number of pyridine rings is 1. The largest absolute Gasteiger partial charge is 0.398 e. The van der Waals surface area contributed by atoms with Gasteiger partial charge in [0.1, 0.15) is 11.6 Å². The fourth-order valence-electron chi connectivity index (χ4n) is 2.68. The monoisotopic (exact) mass is 348 g/mol. The number of fused-ring (bicyclic) bond motifs is 1. The van der Waals surface area contributed by atoms with E-state index in [0.29, 0.717) is 11.1 Å². The van der Waals surface area contributed by atoms with E-state index in [2.05, 4.69) is 4.98 Å². The van der Waals surface area contributed by atoms with Gasteiger partial charge in [0.25, 0.3) is 0 Å². The van der Waals surface area contributed by atoms with Crippen molar-refractivity contribution in [2.45, 2.75) is 11.8 Å². The third kappa shape index (κ3) is 2.60. The molecule has 3 aromatic rings. The van der Waals surface area contributed by atoms with Crippen LogP contribution in [0.15, 0.2) is 41.3 Å². The molecular formula is C17H14F2N2O2S. The van der Waals surface area contributed by atoms with Crippen LogP contribution in [0.5, 0.6) is 0 Å². The summed E-state index contributed by atoms with van der Waals surface area (Å²) in [6.45, 7) is 1.62. The molecule has 0 atom stereocenters. The quantitative estimate of drug-likeness (QED) is 0.769. The van der Waals surface area contributed by atoms with Gasteiger partial charge in [-0.3, -0.25) is 0 Å². The summed E-state index contributed by atoms with van der Waals surface area (Å²) in [4.78, 5) is 4.36. The lowest BCUT2D eigenvalue weighted by Crippen LogP contribution is -2.04. The van der Waals surface area contributed by atoms with Gasteiger partial charge < -0.3 is 5.73 Å². The Balaban J connectivity index is 2.44. The average molecular weight is 348 g/mol. The number of hydrogen-bond donors (Lipinski definition) is 1. The lowest BCUT2D eigenvalue weighted by molar-refractivity contribution is 0.591. The van der Waals surface area contributed by atoms with E-state index in [0.717, 1.165) is 18.4 Å². The first kappa shape index (κ1) is 16.3. The maximum absolute atomic E-state index is 14.0. The first-order chi connectivity index (χ1) is 11.2. The second-order valence-electron chi connectivity index (χ2n) is 5.55. The number of nitrogens with two attached hydrogens (primary N) is 1. The third-order valence-corrected chi connectivity index (χ3v) is 4.99. The molecule has 0 spiro atoms. The highest BCUT2D eigenvalue weighted by Gasteiger charge is 2.20. The van der Waals surface area contributed by atoms with Crippen LogP contribution in [0.1, 0.15) is 5.56 Å². The van der Waals surface area contributed by atoms with E-state index >= 15 is 0 Å². The van der Waals surface area contributed by atoms with Gasteiger partial charge >= 0.3 is 0 Å². The molecule has 0 unspecified atom stereocenters. The SMILES string of the molecule is Cc1c(-c2ccccc2S(C)(=O)=O)nc2cc(F)cc(F)c2c1N. The molecule has 1 heterocycles. The summed E-state index contributed by atoms with van der Waals surface area (Å²) in [6, 6.07) is 8.12. The molecule has 0 aliphatic rings. The zero-order valence-electron chi connectivity index (χ0n) is 13.0. The summed E-state index contributed by atoms with van der Waals surface area (Å²) in [5, 5.41) is 0.0227. The Bertz CT molecular complexity index is 1080. The highest BCUT2D eigenvalue weighted by atomic mass is 32.2. The smallest absolute Gasteiger partial charge is 0.176 e. The van der Waals surface area contributed by atoms with Crippen LogP contribution in [0.25, 0.3) is 22.2 Å². The average Bonchev–Trinajstić information content (AvgIpc) is 2.49. The second-order valence-corrected chi connectivity index (χ2v) is 7.53. The highest BCUT2D eigenvalue weighted by Crippen LogP contribution is 2.35. The lowest BCUT2D eigenvalue weighted by Gasteiger charge is -2.14. The van der Waals surface area contributed by atoms with Crippen molar-refractivity contribution in [3.8, 4) is 11.3 Å². The van der Waals surface area contributed by atoms with Crippen LogP contribution in [0, 0.1) is 18.6 Å². The van der Waals surface area contributed by atoms with Crippen molar-refractivity contribution in [1.82, 2.24) is 4.98 Å². The highest BCUT2D eigenvalue weighted by molar-refractivity contribution is 7.90. The van der Waals surface area contributed by atoms with Crippen LogP contribution < -0.4 is 5.73 Å². The van der Waals surface area contributed by atoms with Crippen molar-refractivity contribution in [3.05, 3.63) is 53.6 Å². The number of nitrogen functional groups attached to an aromatic ring is 1. The first-order valence-electron chi connectivity index (χ1n) is 7.04. The Hall–Kier alpha value is -2.54. The summed E-state index contributed by atoms with van der Waals surface area (Å²) in [7, 11) is -3.51. The maximum Gasteiger partial charge on any atom is 0.176 e. The van der Waals surface area contributed by atoms with E-state index in [4.69, 9.17) is 5.73 Å². The predicted molar refractivity (Wildman–Crippen MR) is 89.4 cm³/mol. The molecule has 2 N–H and O–H groups in total. The van der Waals surface area contributed by atoms with Crippen LogP contribution in [0.4, 0.5) is 14.5 Å². The Morgan fingerprint density at radius 3 is 2.46 bits per heavy atom. The molecule has 3 rings (SSSR count). The topological polar surface area (TPSA) is 73.0 Å². The molecule has 24 heavy (non-hydrogen) atoms. The summed E-state index contributed by atoms with van der Waals surface area (Å²) in [5.74, 6) is -1.58. The van der Waals surface area contributed by atoms with E-state index < -0.39 is 21.5 Å². The Kier molecular flexibility index (Phi) is 3.76. The molecule has 0 fully saturated rings. The minimum atomic E-state index is -3.51. The fraction of sp³-hybridized carbons (Fsp3) is 0.118. The maximum atomic E-state index is 14.0. The fourth-order valence-corrected chi connectivity index (χ4v) is 3.57. The van der Waals surface area contributed by atoms with Crippen molar-refractivity contribution < 1.29 is 17.2 Å².